The summed E-state index contributed by atoms with van der Waals surface area (Å²) in [5, 5.41) is 8.35. The summed E-state index contributed by atoms with van der Waals surface area (Å²) >= 11 is 12.1. The van der Waals surface area contributed by atoms with Gasteiger partial charge < -0.3 is 14.3 Å². The topological polar surface area (TPSA) is 93.8 Å². The van der Waals surface area contributed by atoms with E-state index in [0.29, 0.717) is 5.56 Å². The fourth-order valence-electron chi connectivity index (χ4n) is 2.16. The standard InChI is InChI=1S/C13H8Cl2O6S/c14-10-8(22(18,19)9-2-1-3-20-9)5-6-4-7(13(16)17)21-12(6)11(10)15/h1-3,5,7H,4H2,(H,16,17). The van der Waals surface area contributed by atoms with Crippen LogP contribution in [0.25, 0.3) is 0 Å². The van der Waals surface area contributed by atoms with Gasteiger partial charge in [-0.1, -0.05) is 23.2 Å². The van der Waals surface area contributed by atoms with Gasteiger partial charge in [-0.3, -0.25) is 0 Å². The molecule has 3 rings (SSSR count). The van der Waals surface area contributed by atoms with Crippen molar-refractivity contribution in [3.05, 3.63) is 40.1 Å². The van der Waals surface area contributed by atoms with Crippen LogP contribution in [0.2, 0.25) is 10.0 Å². The third-order valence-electron chi connectivity index (χ3n) is 3.20. The van der Waals surface area contributed by atoms with Crippen molar-refractivity contribution in [3.8, 4) is 5.75 Å². The van der Waals surface area contributed by atoms with Crippen LogP contribution in [-0.4, -0.2) is 25.6 Å². The lowest BCUT2D eigenvalue weighted by molar-refractivity contribution is -0.144. The van der Waals surface area contributed by atoms with Crippen molar-refractivity contribution in [2.24, 2.45) is 0 Å². The molecule has 0 aliphatic carbocycles. The fourth-order valence-corrected chi connectivity index (χ4v) is 4.22. The molecule has 1 N–H and O–H groups in total. The first kappa shape index (κ1) is 15.2. The van der Waals surface area contributed by atoms with E-state index in [1.807, 2.05) is 0 Å². The van der Waals surface area contributed by atoms with Crippen molar-refractivity contribution < 1.29 is 27.5 Å². The highest BCUT2D eigenvalue weighted by molar-refractivity contribution is 7.91. The van der Waals surface area contributed by atoms with E-state index in [0.717, 1.165) is 0 Å². The molecule has 0 radical (unpaired) electrons. The molecule has 0 spiro atoms. The van der Waals surface area contributed by atoms with Crippen molar-refractivity contribution in [3.63, 3.8) is 0 Å². The third kappa shape index (κ3) is 2.25. The van der Waals surface area contributed by atoms with E-state index in [-0.39, 0.29) is 32.2 Å². The number of carboxylic acid groups (broad SMARTS) is 1. The molecule has 1 aliphatic heterocycles. The van der Waals surface area contributed by atoms with E-state index in [1.54, 1.807) is 0 Å². The number of hydrogen-bond donors (Lipinski definition) is 1. The Morgan fingerprint density at radius 1 is 1.32 bits per heavy atom. The molecule has 116 valence electrons. The van der Waals surface area contributed by atoms with Crippen molar-refractivity contribution in [2.45, 2.75) is 22.5 Å². The van der Waals surface area contributed by atoms with Gasteiger partial charge in [0.2, 0.25) is 14.9 Å². The molecular formula is C13H8Cl2O6S. The number of aliphatic carboxylic acids is 1. The van der Waals surface area contributed by atoms with Crippen LogP contribution >= 0.6 is 23.2 Å². The number of rotatable bonds is 3. The van der Waals surface area contributed by atoms with Crippen molar-refractivity contribution in [1.82, 2.24) is 0 Å². The van der Waals surface area contributed by atoms with Crippen molar-refractivity contribution >= 4 is 39.0 Å². The fraction of sp³-hybridized carbons (Fsp3) is 0.154. The maximum atomic E-state index is 12.5. The largest absolute Gasteiger partial charge is 0.478 e. The van der Waals surface area contributed by atoms with Gasteiger partial charge in [0.1, 0.15) is 10.8 Å². The number of hydrogen-bond acceptors (Lipinski definition) is 5. The molecule has 22 heavy (non-hydrogen) atoms. The van der Waals surface area contributed by atoms with Gasteiger partial charge in [0.25, 0.3) is 0 Å². The second-order valence-corrected chi connectivity index (χ2v) is 7.18. The molecule has 1 aromatic heterocycles. The zero-order chi connectivity index (χ0) is 16.1. The maximum Gasteiger partial charge on any atom is 0.345 e. The Kier molecular flexibility index (Phi) is 3.58. The average Bonchev–Trinajstić information content (AvgIpc) is 3.11. The number of ether oxygens (including phenoxy) is 1. The number of sulfone groups is 1. The summed E-state index contributed by atoms with van der Waals surface area (Å²) in [6.07, 6.45) is 0.104. The van der Waals surface area contributed by atoms with Gasteiger partial charge >= 0.3 is 5.97 Å². The Balaban J connectivity index is 2.16. The van der Waals surface area contributed by atoms with Gasteiger partial charge in [-0.2, -0.15) is 0 Å². The minimum absolute atomic E-state index is 0.00221. The molecule has 2 aromatic rings. The summed E-state index contributed by atoms with van der Waals surface area (Å²) in [5.41, 5.74) is 0.368. The summed E-state index contributed by atoms with van der Waals surface area (Å²) in [5.74, 6) is -1.07. The summed E-state index contributed by atoms with van der Waals surface area (Å²) in [7, 11) is -3.99. The minimum Gasteiger partial charge on any atom is -0.478 e. The lowest BCUT2D eigenvalue weighted by Crippen LogP contribution is -2.24. The van der Waals surface area contributed by atoms with E-state index in [9.17, 15) is 13.2 Å². The van der Waals surface area contributed by atoms with Gasteiger partial charge in [0.15, 0.2) is 6.10 Å². The molecule has 1 unspecified atom stereocenters. The second kappa shape index (κ2) is 5.19. The molecule has 0 fully saturated rings. The van der Waals surface area contributed by atoms with Crippen LogP contribution in [0.3, 0.4) is 0 Å². The van der Waals surface area contributed by atoms with Crippen molar-refractivity contribution in [1.29, 1.82) is 0 Å². The normalized spacial score (nSPS) is 17.1. The predicted octanol–water partition coefficient (Wildman–Crippen LogP) is 2.81. The van der Waals surface area contributed by atoms with Gasteiger partial charge in [0, 0.05) is 12.0 Å². The lowest BCUT2D eigenvalue weighted by atomic mass is 10.1. The SMILES string of the molecule is O=C(O)C1Cc2cc(S(=O)(=O)c3ccco3)c(Cl)c(Cl)c2O1. The first-order chi connectivity index (χ1) is 10.3. The van der Waals surface area contributed by atoms with Gasteiger partial charge in [-0.05, 0) is 18.2 Å². The van der Waals surface area contributed by atoms with Crippen LogP contribution < -0.4 is 4.74 Å². The highest BCUT2D eigenvalue weighted by Gasteiger charge is 2.35. The molecule has 0 bridgehead atoms. The average molecular weight is 363 g/mol. The van der Waals surface area contributed by atoms with Crippen LogP contribution in [0.4, 0.5) is 0 Å². The highest BCUT2D eigenvalue weighted by atomic mass is 35.5. The Morgan fingerprint density at radius 2 is 2.05 bits per heavy atom. The molecule has 1 aliphatic rings. The summed E-state index contributed by atoms with van der Waals surface area (Å²) in [6, 6.07) is 3.98. The number of carbonyl (C=O) groups is 1. The van der Waals surface area contributed by atoms with Crippen LogP contribution in [0.5, 0.6) is 5.75 Å². The Morgan fingerprint density at radius 3 is 2.64 bits per heavy atom. The van der Waals surface area contributed by atoms with Gasteiger partial charge in [-0.25, -0.2) is 13.2 Å². The zero-order valence-electron chi connectivity index (χ0n) is 10.7. The van der Waals surface area contributed by atoms with E-state index in [4.69, 9.17) is 37.5 Å². The maximum absolute atomic E-state index is 12.5. The molecular weight excluding hydrogens is 355 g/mol. The van der Waals surface area contributed by atoms with Crippen LogP contribution in [-0.2, 0) is 21.1 Å². The third-order valence-corrected chi connectivity index (χ3v) is 5.82. The minimum atomic E-state index is -3.99. The Bertz CT molecular complexity index is 857. The van der Waals surface area contributed by atoms with E-state index < -0.39 is 21.9 Å². The second-order valence-electron chi connectivity index (χ2n) is 4.58. The quantitative estimate of drug-likeness (QED) is 0.901. The van der Waals surface area contributed by atoms with Crippen LogP contribution in [0.1, 0.15) is 5.56 Å². The number of furan rings is 1. The lowest BCUT2D eigenvalue weighted by Gasteiger charge is -2.10. The first-order valence-corrected chi connectivity index (χ1v) is 8.25. The number of halogens is 2. The van der Waals surface area contributed by atoms with E-state index >= 15 is 0 Å². The molecule has 0 amide bonds. The molecule has 1 atom stereocenters. The van der Waals surface area contributed by atoms with Gasteiger partial charge in [0.05, 0.1) is 16.2 Å². The number of benzene rings is 1. The molecule has 1 aromatic carbocycles. The smallest absolute Gasteiger partial charge is 0.345 e. The molecule has 6 nitrogen and oxygen atoms in total. The van der Waals surface area contributed by atoms with Crippen molar-refractivity contribution in [2.75, 3.05) is 0 Å². The van der Waals surface area contributed by atoms with E-state index in [2.05, 4.69) is 0 Å². The van der Waals surface area contributed by atoms with Crippen LogP contribution in [0, 0.1) is 0 Å². The number of carboxylic acids is 1. The monoisotopic (exact) mass is 362 g/mol. The highest BCUT2D eigenvalue weighted by Crippen LogP contribution is 2.45. The predicted molar refractivity (Wildman–Crippen MR) is 76.4 cm³/mol. The van der Waals surface area contributed by atoms with E-state index in [1.165, 1.54) is 24.5 Å². The zero-order valence-corrected chi connectivity index (χ0v) is 13.1. The molecule has 0 saturated carbocycles. The molecule has 9 heteroatoms. The Labute approximate surface area is 135 Å². The summed E-state index contributed by atoms with van der Waals surface area (Å²) < 4.78 is 35.1. The first-order valence-electron chi connectivity index (χ1n) is 6.01. The number of fused-ring (bicyclic) bond motifs is 1. The van der Waals surface area contributed by atoms with Crippen LogP contribution in [0.15, 0.2) is 38.9 Å². The molecule has 0 saturated heterocycles. The summed E-state index contributed by atoms with van der Waals surface area (Å²) in [6.45, 7) is 0. The van der Waals surface area contributed by atoms with Gasteiger partial charge in [-0.15, -0.1) is 0 Å². The Hall–Kier alpha value is -1.70. The molecule has 2 heterocycles. The summed E-state index contributed by atoms with van der Waals surface area (Å²) in [4.78, 5) is 10.8.